The molecule has 0 N–H and O–H groups in total. The van der Waals surface area contributed by atoms with Crippen LogP contribution in [0.3, 0.4) is 0 Å². The average Bonchev–Trinajstić information content (AvgIpc) is 2.86. The van der Waals surface area contributed by atoms with Crippen molar-refractivity contribution in [2.45, 2.75) is 0 Å². The summed E-state index contributed by atoms with van der Waals surface area (Å²) in [4.78, 5) is 0. The van der Waals surface area contributed by atoms with Gasteiger partial charge < -0.3 is 0 Å². The Bertz CT molecular complexity index is 1020. The molecule has 0 spiro atoms. The second-order valence-electron chi connectivity index (χ2n) is 6.66. The van der Waals surface area contributed by atoms with E-state index >= 15 is 0 Å². The van der Waals surface area contributed by atoms with Gasteiger partial charge in [-0.2, -0.15) is 0 Å². The van der Waals surface area contributed by atoms with E-state index < -0.39 is 10.5 Å². The van der Waals surface area contributed by atoms with Gasteiger partial charge in [0.1, 0.15) is 0 Å². The van der Waals surface area contributed by atoms with E-state index in [0.29, 0.717) is 0 Å². The lowest BCUT2D eigenvalue weighted by Gasteiger charge is -2.25. The summed E-state index contributed by atoms with van der Waals surface area (Å²) in [7, 11) is 5.40. The first-order valence-corrected chi connectivity index (χ1v) is 19.9. The minimum absolute atomic E-state index is 1.22. The van der Waals surface area contributed by atoms with Gasteiger partial charge in [0.15, 0.2) is 0 Å². The summed E-state index contributed by atoms with van der Waals surface area (Å²) in [5, 5.41) is 0.837. The molecule has 0 bridgehead atoms. The van der Waals surface area contributed by atoms with Gasteiger partial charge in [-0.15, -0.1) is 0 Å². The third-order valence-corrected chi connectivity index (χ3v) is 27.2. The fourth-order valence-corrected chi connectivity index (χ4v) is 27.5. The van der Waals surface area contributed by atoms with Crippen molar-refractivity contribution in [3.05, 3.63) is 121 Å². The Hall–Kier alpha value is -0.770. The molecule has 0 nitrogen and oxygen atoms in total. The van der Waals surface area contributed by atoms with Gasteiger partial charge in [-0.25, -0.2) is 0 Å². The van der Waals surface area contributed by atoms with Crippen LogP contribution in [0.1, 0.15) is 0 Å². The number of rotatable bonds is 8. The van der Waals surface area contributed by atoms with Crippen molar-refractivity contribution in [3.63, 3.8) is 0 Å². The molecule has 31 heavy (non-hydrogen) atoms. The lowest BCUT2D eigenvalue weighted by atomic mass is 10.4. The first-order chi connectivity index (χ1) is 15.1. The normalized spacial score (nSPS) is 11.9. The van der Waals surface area contributed by atoms with Gasteiger partial charge in [-0.05, 0) is 51.9 Å². The Kier molecular flexibility index (Phi) is 8.22. The molecular formula is C24H20P2S5. The maximum atomic E-state index is 6.37. The molecule has 0 heterocycles. The zero-order chi connectivity index (χ0) is 21.6. The van der Waals surface area contributed by atoms with Crippen LogP contribution in [0, 0.1) is 0 Å². The first kappa shape index (κ1) is 23.4. The summed E-state index contributed by atoms with van der Waals surface area (Å²) in [5.74, 6) is 0. The van der Waals surface area contributed by atoms with Gasteiger partial charge in [0.25, 0.3) is 0 Å². The number of hydrogen-bond donors (Lipinski definition) is 0. The molecule has 0 aliphatic carbocycles. The molecular weight excluding hydrogens is 511 g/mol. The lowest BCUT2D eigenvalue weighted by Crippen LogP contribution is -2.13. The molecule has 0 aliphatic heterocycles. The highest BCUT2D eigenvalue weighted by Gasteiger charge is 2.28. The van der Waals surface area contributed by atoms with Crippen molar-refractivity contribution in [1.29, 1.82) is 0 Å². The van der Waals surface area contributed by atoms with E-state index in [1.807, 2.05) is 45.1 Å². The smallest absolute Gasteiger partial charge is 0.0728 e. The lowest BCUT2D eigenvalue weighted by molar-refractivity contribution is 1.76. The monoisotopic (exact) mass is 530 g/mol. The Morgan fingerprint density at radius 3 is 0.839 bits per heavy atom. The highest BCUT2D eigenvalue weighted by molar-refractivity contribution is 9.32. The number of hydrogen-bond acceptors (Lipinski definition) is 5. The van der Waals surface area contributed by atoms with Crippen LogP contribution in [0.4, 0.5) is 0 Å². The fourth-order valence-electron chi connectivity index (χ4n) is 3.07. The molecule has 156 valence electrons. The van der Waals surface area contributed by atoms with Crippen LogP contribution in [0.25, 0.3) is 0 Å². The van der Waals surface area contributed by atoms with Crippen LogP contribution in [-0.2, 0) is 23.6 Å². The highest BCUT2D eigenvalue weighted by Crippen LogP contribution is 2.72. The Morgan fingerprint density at radius 2 is 0.613 bits per heavy atom. The van der Waals surface area contributed by atoms with Crippen molar-refractivity contribution < 1.29 is 0 Å². The van der Waals surface area contributed by atoms with Crippen molar-refractivity contribution in [3.8, 4) is 0 Å². The Balaban J connectivity index is 1.66. The topological polar surface area (TPSA) is 0 Å². The zero-order valence-corrected chi connectivity index (χ0v) is 22.4. The van der Waals surface area contributed by atoms with Crippen LogP contribution >= 0.6 is 41.1 Å². The molecule has 7 heteroatoms. The van der Waals surface area contributed by atoms with E-state index in [9.17, 15) is 0 Å². The number of benzene rings is 4. The van der Waals surface area contributed by atoms with Crippen LogP contribution in [0.2, 0.25) is 0 Å². The molecule has 0 amide bonds. The van der Waals surface area contributed by atoms with Crippen molar-refractivity contribution in [1.82, 2.24) is 0 Å². The first-order valence-electron chi connectivity index (χ1n) is 9.60. The highest BCUT2D eigenvalue weighted by atomic mass is 33.7. The van der Waals surface area contributed by atoms with Crippen LogP contribution in [0.15, 0.2) is 121 Å². The quantitative estimate of drug-likeness (QED) is 0.175. The maximum Gasteiger partial charge on any atom is 0.0728 e. The fraction of sp³-hybridized carbons (Fsp3) is 0. The Morgan fingerprint density at radius 1 is 0.387 bits per heavy atom. The van der Waals surface area contributed by atoms with E-state index in [4.69, 9.17) is 23.6 Å². The predicted octanol–water partition coefficient (Wildman–Crippen LogP) is 7.11. The second-order valence-corrected chi connectivity index (χ2v) is 24.5. The van der Waals surface area contributed by atoms with Crippen molar-refractivity contribution in [2.24, 2.45) is 0 Å². The SMILES string of the molecule is S=P(SSSP(=S)(c1ccccc1)c1ccccc1)(c1ccccc1)c1ccccc1. The third kappa shape index (κ3) is 5.42. The summed E-state index contributed by atoms with van der Waals surface area (Å²) < 4.78 is 0. The summed E-state index contributed by atoms with van der Waals surface area (Å²) in [6.45, 7) is 0. The second kappa shape index (κ2) is 10.9. The average molecular weight is 531 g/mol. The van der Waals surface area contributed by atoms with E-state index in [1.54, 1.807) is 9.83 Å². The van der Waals surface area contributed by atoms with Gasteiger partial charge in [0.05, 0.1) is 10.5 Å². The van der Waals surface area contributed by atoms with Crippen molar-refractivity contribution in [2.75, 3.05) is 0 Å². The summed E-state index contributed by atoms with van der Waals surface area (Å²) >= 11 is 12.7. The largest absolute Gasteiger partial charge is 0.0751 e. The minimum atomic E-state index is -2.03. The molecule has 0 aromatic heterocycles. The molecule has 4 rings (SSSR count). The van der Waals surface area contributed by atoms with Crippen LogP contribution in [-0.4, -0.2) is 0 Å². The molecule has 0 saturated carbocycles. The van der Waals surface area contributed by atoms with Crippen LogP contribution in [0.5, 0.6) is 0 Å². The molecule has 0 unspecified atom stereocenters. The van der Waals surface area contributed by atoms with Gasteiger partial charge in [0, 0.05) is 0 Å². The molecule has 0 fully saturated rings. The van der Waals surface area contributed by atoms with Crippen molar-refractivity contribution >= 4 is 86.0 Å². The molecule has 0 aliphatic rings. The van der Waals surface area contributed by atoms with E-state index in [-0.39, 0.29) is 0 Å². The molecule has 0 atom stereocenters. The standard InChI is InChI=1S/C24H20P2S5/c27-25(21-13-5-1-6-14-21,22-15-7-2-8-16-22)29-31-30-26(28,23-17-9-3-10-18-23)24-19-11-4-12-20-24/h1-20H. The maximum absolute atomic E-state index is 6.37. The summed E-state index contributed by atoms with van der Waals surface area (Å²) in [6, 6.07) is 42.1. The molecule has 0 radical (unpaired) electrons. The van der Waals surface area contributed by atoms with E-state index in [2.05, 4.69) is 97.1 Å². The van der Waals surface area contributed by atoms with E-state index in [1.165, 1.54) is 21.2 Å². The van der Waals surface area contributed by atoms with Gasteiger partial charge >= 0.3 is 0 Å². The van der Waals surface area contributed by atoms with Gasteiger partial charge in [-0.3, -0.25) is 0 Å². The van der Waals surface area contributed by atoms with Gasteiger partial charge in [0.2, 0.25) is 0 Å². The zero-order valence-electron chi connectivity index (χ0n) is 16.5. The molecule has 0 saturated heterocycles. The third-order valence-electron chi connectivity index (χ3n) is 4.66. The minimum Gasteiger partial charge on any atom is -0.0751 e. The Labute approximate surface area is 206 Å². The van der Waals surface area contributed by atoms with Gasteiger partial charge in [-0.1, -0.05) is 145 Å². The van der Waals surface area contributed by atoms with Crippen LogP contribution < -0.4 is 21.2 Å². The van der Waals surface area contributed by atoms with E-state index in [0.717, 1.165) is 0 Å². The molecule has 4 aromatic rings. The molecule has 4 aromatic carbocycles. The predicted molar refractivity (Wildman–Crippen MR) is 156 cm³/mol. The summed E-state index contributed by atoms with van der Waals surface area (Å²) in [6.07, 6.45) is 0. The summed E-state index contributed by atoms with van der Waals surface area (Å²) in [5.41, 5.74) is 0.